The number of hydrogen-bond donors (Lipinski definition) is 7. The number of azide groups is 1. The van der Waals surface area contributed by atoms with Crippen LogP contribution in [0.3, 0.4) is 0 Å². The number of nitrogens with two attached hydrogens (primary N) is 1. The predicted octanol–water partition coefficient (Wildman–Crippen LogP) is 0.471. The van der Waals surface area contributed by atoms with Crippen LogP contribution >= 0.6 is 23.5 Å². The molecule has 1 aromatic carbocycles. The van der Waals surface area contributed by atoms with Gasteiger partial charge in [-0.25, -0.2) is 23.5 Å². The van der Waals surface area contributed by atoms with Crippen molar-refractivity contribution in [1.82, 2.24) is 19.5 Å². The topological polar surface area (TPSA) is 354 Å². The minimum atomic E-state index is -5.86. The zero-order valence-electron chi connectivity index (χ0n) is 20.8. The lowest BCUT2D eigenvalue weighted by Gasteiger charge is -2.22. The number of anilines is 1. The quantitative estimate of drug-likeness (QED) is 0.0480. The number of nitrogen functional groups attached to an aromatic ring is 1. The zero-order chi connectivity index (χ0) is 31.7. The number of phosphoric ester groups is 1. The molecule has 1 fully saturated rings. The molecule has 2 aromatic heterocycles. The van der Waals surface area contributed by atoms with Gasteiger partial charge in [0.05, 0.1) is 18.5 Å². The molecule has 0 aliphatic carbocycles. The fourth-order valence-corrected chi connectivity index (χ4v) is 6.77. The van der Waals surface area contributed by atoms with E-state index in [1.54, 1.807) is 0 Å². The molecule has 23 nitrogen and oxygen atoms in total. The highest BCUT2D eigenvalue weighted by molar-refractivity contribution is 7.66. The largest absolute Gasteiger partial charge is 0.490 e. The maximum absolute atomic E-state index is 12.9. The minimum absolute atomic E-state index is 0.103. The van der Waals surface area contributed by atoms with Gasteiger partial charge in [0.1, 0.15) is 12.2 Å². The van der Waals surface area contributed by atoms with Gasteiger partial charge < -0.3 is 39.9 Å². The molecule has 0 bridgehead atoms. The first-order chi connectivity index (χ1) is 20.0. The molecule has 0 amide bonds. The molecule has 232 valence electrons. The van der Waals surface area contributed by atoms with Crippen molar-refractivity contribution >= 4 is 52.2 Å². The van der Waals surface area contributed by atoms with E-state index >= 15 is 0 Å². The molecular formula is C17H19N8O15P3. The highest BCUT2D eigenvalue weighted by atomic mass is 31.3. The molecule has 1 aliphatic rings. The van der Waals surface area contributed by atoms with Gasteiger partial charge in [-0.3, -0.25) is 18.9 Å². The van der Waals surface area contributed by atoms with Gasteiger partial charge in [-0.1, -0.05) is 17.2 Å². The molecule has 0 radical (unpaired) electrons. The summed E-state index contributed by atoms with van der Waals surface area (Å²) in [6.07, 6.45) is -5.73. The maximum Gasteiger partial charge on any atom is 0.490 e. The van der Waals surface area contributed by atoms with Gasteiger partial charge in [0, 0.05) is 10.6 Å². The lowest BCUT2D eigenvalue weighted by atomic mass is 10.1. The predicted molar refractivity (Wildman–Crippen MR) is 137 cm³/mol. The first-order valence-corrected chi connectivity index (χ1v) is 15.7. The number of hydrogen-bond acceptors (Lipinski definition) is 15. The van der Waals surface area contributed by atoms with Crippen molar-refractivity contribution in [3.63, 3.8) is 0 Å². The number of esters is 1. The van der Waals surface area contributed by atoms with Gasteiger partial charge >= 0.3 is 29.4 Å². The van der Waals surface area contributed by atoms with Crippen molar-refractivity contribution < 1.29 is 65.8 Å². The molecular weight excluding hydrogens is 649 g/mol. The third-order valence-electron chi connectivity index (χ3n) is 5.36. The molecule has 0 saturated carbocycles. The SMILES string of the molecule is [N-]=[N+]=Nc1ccc(C(=O)O[C@H]2[C@@H](O)[C@H](n3cnc4c(=O)[nH]c(N)nc43)O[C@@H]2COP(=O)(O)OP(=O)(O)OP(=O)(O)O)cc1. The lowest BCUT2D eigenvalue weighted by molar-refractivity contribution is -0.0520. The first kappa shape index (κ1) is 32.4. The smallest absolute Gasteiger partial charge is 0.453 e. The third-order valence-corrected chi connectivity index (χ3v) is 9.16. The van der Waals surface area contributed by atoms with Crippen molar-refractivity contribution in [2.24, 2.45) is 5.11 Å². The fraction of sp³-hybridized carbons (Fsp3) is 0.294. The van der Waals surface area contributed by atoms with Gasteiger partial charge in [-0.2, -0.15) is 13.6 Å². The van der Waals surface area contributed by atoms with Gasteiger partial charge in [-0.15, -0.1) is 0 Å². The molecule has 3 heterocycles. The Morgan fingerprint density at radius 2 is 1.84 bits per heavy atom. The summed E-state index contributed by atoms with van der Waals surface area (Å²) in [5.41, 5.74) is 13.0. The van der Waals surface area contributed by atoms with E-state index in [0.717, 1.165) is 10.9 Å². The van der Waals surface area contributed by atoms with Crippen LogP contribution in [-0.4, -0.2) is 75.1 Å². The van der Waals surface area contributed by atoms with E-state index in [0.29, 0.717) is 0 Å². The molecule has 26 heteroatoms. The molecule has 0 spiro atoms. The Labute approximate surface area is 236 Å². The van der Waals surface area contributed by atoms with Crippen LogP contribution in [0.2, 0.25) is 0 Å². The fourth-order valence-electron chi connectivity index (χ4n) is 3.74. The van der Waals surface area contributed by atoms with E-state index in [9.17, 15) is 38.2 Å². The summed E-state index contributed by atoms with van der Waals surface area (Å²) < 4.78 is 58.7. The second-order valence-corrected chi connectivity index (χ2v) is 12.7. The number of rotatable bonds is 11. The molecule has 1 saturated heterocycles. The van der Waals surface area contributed by atoms with Crippen LogP contribution in [0.1, 0.15) is 16.6 Å². The number of nitrogens with one attached hydrogen (secondary N) is 1. The van der Waals surface area contributed by atoms with Gasteiger partial charge in [0.15, 0.2) is 23.5 Å². The lowest BCUT2D eigenvalue weighted by Crippen LogP contribution is -2.38. The van der Waals surface area contributed by atoms with Crippen molar-refractivity contribution in [2.45, 2.75) is 24.5 Å². The van der Waals surface area contributed by atoms with Crippen molar-refractivity contribution in [2.75, 3.05) is 12.3 Å². The number of aromatic nitrogens is 4. The molecule has 4 rings (SSSR count). The highest BCUT2D eigenvalue weighted by Gasteiger charge is 2.49. The average molecular weight is 668 g/mol. The summed E-state index contributed by atoms with van der Waals surface area (Å²) in [5, 5.41) is 14.4. The van der Waals surface area contributed by atoms with Crippen LogP contribution < -0.4 is 11.3 Å². The monoisotopic (exact) mass is 668 g/mol. The Kier molecular flexibility index (Phi) is 9.21. The molecule has 3 aromatic rings. The number of aliphatic hydroxyl groups is 1. The normalized spacial score (nSPS) is 23.3. The number of carbonyl (C=O) groups excluding carboxylic acids is 1. The standard InChI is InChI=1S/C17H19N8O15P3/c18-17-21-13-10(14(27)22-17)20-6-25(13)15-11(26)12(38-16(28)7-1-3-8(4-2-7)23-24-19)9(37-15)5-36-42(32,33)40-43(34,35)39-41(29,30)31/h1-4,6,9,11-12,15,26H,5H2,(H,32,33)(H,34,35)(H2,29,30,31)(H3,18,21,22,27)/t9-,11-,12-,15-/m1/s1. The zero-order valence-corrected chi connectivity index (χ0v) is 23.5. The summed E-state index contributed by atoms with van der Waals surface area (Å²) >= 11 is 0. The summed E-state index contributed by atoms with van der Waals surface area (Å²) in [5.74, 6) is -1.40. The number of H-pyrrole nitrogens is 1. The first-order valence-electron chi connectivity index (χ1n) is 11.2. The Bertz CT molecular complexity index is 1780. The van der Waals surface area contributed by atoms with Crippen LogP contribution in [0, 0.1) is 0 Å². The van der Waals surface area contributed by atoms with Gasteiger partial charge in [-0.05, 0) is 17.7 Å². The van der Waals surface area contributed by atoms with E-state index in [-0.39, 0.29) is 28.4 Å². The van der Waals surface area contributed by atoms with Gasteiger partial charge in [0.2, 0.25) is 5.95 Å². The van der Waals surface area contributed by atoms with Crippen molar-refractivity contribution in [3.05, 3.63) is 57.0 Å². The van der Waals surface area contributed by atoms with E-state index < -0.39 is 66.1 Å². The van der Waals surface area contributed by atoms with E-state index in [4.69, 9.17) is 30.5 Å². The minimum Gasteiger partial charge on any atom is -0.453 e. The third kappa shape index (κ3) is 7.91. The summed E-state index contributed by atoms with van der Waals surface area (Å²) in [6.45, 7) is -1.12. The van der Waals surface area contributed by atoms with Crippen LogP contribution in [-0.2, 0) is 36.3 Å². The van der Waals surface area contributed by atoms with E-state index in [1.807, 2.05) is 0 Å². The number of phosphoric acid groups is 3. The second kappa shape index (κ2) is 12.2. The number of fused-ring (bicyclic) bond motifs is 1. The summed E-state index contributed by atoms with van der Waals surface area (Å²) in [7, 11) is -17.2. The van der Waals surface area contributed by atoms with Crippen LogP contribution in [0.25, 0.3) is 21.6 Å². The molecule has 8 N–H and O–H groups in total. The molecule has 43 heavy (non-hydrogen) atoms. The Balaban J connectivity index is 1.61. The van der Waals surface area contributed by atoms with Crippen LogP contribution in [0.15, 0.2) is 40.5 Å². The molecule has 6 atom stereocenters. The summed E-state index contributed by atoms with van der Waals surface area (Å²) in [4.78, 5) is 74.2. The average Bonchev–Trinajstić information content (AvgIpc) is 3.42. The number of ether oxygens (including phenoxy) is 2. The second-order valence-electron chi connectivity index (χ2n) is 8.32. The van der Waals surface area contributed by atoms with Gasteiger partial charge in [0.25, 0.3) is 5.56 Å². The molecule has 1 aliphatic heterocycles. The Morgan fingerprint density at radius 3 is 2.47 bits per heavy atom. The van der Waals surface area contributed by atoms with Crippen LogP contribution in [0.5, 0.6) is 0 Å². The number of aliphatic hydroxyl groups excluding tert-OH is 1. The number of nitrogens with zero attached hydrogens (tertiary/aromatic N) is 6. The highest BCUT2D eigenvalue weighted by Crippen LogP contribution is 2.66. The Hall–Kier alpha value is -3.52. The summed E-state index contributed by atoms with van der Waals surface area (Å²) in [6, 6.07) is 4.99. The van der Waals surface area contributed by atoms with E-state index in [2.05, 4.69) is 38.1 Å². The van der Waals surface area contributed by atoms with Crippen molar-refractivity contribution in [1.29, 1.82) is 0 Å². The number of aromatic amines is 1. The van der Waals surface area contributed by atoms with Crippen molar-refractivity contribution in [3.8, 4) is 0 Å². The maximum atomic E-state index is 12.9. The Morgan fingerprint density at radius 1 is 1.16 bits per heavy atom. The number of benzene rings is 1. The van der Waals surface area contributed by atoms with Crippen LogP contribution in [0.4, 0.5) is 11.6 Å². The molecule has 2 unspecified atom stereocenters. The number of imidazole rings is 1. The number of carbonyl (C=O) groups is 1. The van der Waals surface area contributed by atoms with E-state index in [1.165, 1.54) is 24.3 Å².